The molecule has 106 valence electrons. The first-order valence-electron chi connectivity index (χ1n) is 6.36. The fourth-order valence-corrected chi connectivity index (χ4v) is 2.11. The summed E-state index contributed by atoms with van der Waals surface area (Å²) in [4.78, 5) is 11.6. The SMILES string of the molecule is CCC(CCCl)CNC(=O)COc1cccc(Cl)c1. The zero-order valence-electron chi connectivity index (χ0n) is 11.0. The minimum atomic E-state index is -0.131. The van der Waals surface area contributed by atoms with E-state index < -0.39 is 0 Å². The lowest BCUT2D eigenvalue weighted by Crippen LogP contribution is -2.33. The molecule has 0 saturated carbocycles. The Kier molecular flexibility index (Phi) is 7.68. The van der Waals surface area contributed by atoms with Crippen molar-refractivity contribution in [1.82, 2.24) is 5.32 Å². The number of carbonyl (C=O) groups is 1. The summed E-state index contributed by atoms with van der Waals surface area (Å²) in [5.41, 5.74) is 0. The molecule has 19 heavy (non-hydrogen) atoms. The standard InChI is InChI=1S/C14H19Cl2NO2/c1-2-11(6-7-15)9-17-14(18)10-19-13-5-3-4-12(16)8-13/h3-5,8,11H,2,6-7,9-10H2,1H3,(H,17,18). The molecule has 0 heterocycles. The number of hydrogen-bond acceptors (Lipinski definition) is 2. The van der Waals surface area contributed by atoms with Crippen molar-refractivity contribution in [3.63, 3.8) is 0 Å². The minimum absolute atomic E-state index is 0.00233. The molecule has 0 aromatic heterocycles. The Morgan fingerprint density at radius 1 is 1.47 bits per heavy atom. The molecule has 5 heteroatoms. The van der Waals surface area contributed by atoms with E-state index >= 15 is 0 Å². The molecule has 0 fully saturated rings. The van der Waals surface area contributed by atoms with E-state index in [1.165, 1.54) is 0 Å². The third kappa shape index (κ3) is 6.69. The largest absolute Gasteiger partial charge is 0.484 e. The van der Waals surface area contributed by atoms with Gasteiger partial charge in [-0.25, -0.2) is 0 Å². The van der Waals surface area contributed by atoms with E-state index in [-0.39, 0.29) is 12.5 Å². The molecule has 1 unspecified atom stereocenters. The highest BCUT2D eigenvalue weighted by Gasteiger charge is 2.08. The third-order valence-electron chi connectivity index (χ3n) is 2.85. The Bertz CT molecular complexity index is 399. The lowest BCUT2D eigenvalue weighted by atomic mass is 10.0. The van der Waals surface area contributed by atoms with Crippen LogP contribution in [0, 0.1) is 5.92 Å². The molecule has 1 N–H and O–H groups in total. The molecule has 1 atom stereocenters. The first-order chi connectivity index (χ1) is 9.15. The molecule has 0 aliphatic heterocycles. The average Bonchev–Trinajstić information content (AvgIpc) is 2.41. The Labute approximate surface area is 124 Å². The number of benzene rings is 1. The number of amides is 1. The summed E-state index contributed by atoms with van der Waals surface area (Å²) in [5.74, 6) is 1.50. The van der Waals surface area contributed by atoms with Gasteiger partial charge in [0.1, 0.15) is 5.75 Å². The first kappa shape index (κ1) is 16.1. The monoisotopic (exact) mass is 303 g/mol. The van der Waals surface area contributed by atoms with Crippen LogP contribution in [-0.2, 0) is 4.79 Å². The molecule has 3 nitrogen and oxygen atoms in total. The molecule has 1 amide bonds. The van der Waals surface area contributed by atoms with Gasteiger partial charge in [-0.1, -0.05) is 31.0 Å². The van der Waals surface area contributed by atoms with Gasteiger partial charge < -0.3 is 10.1 Å². The van der Waals surface area contributed by atoms with Crippen molar-refractivity contribution in [3.8, 4) is 5.75 Å². The zero-order chi connectivity index (χ0) is 14.1. The number of ether oxygens (including phenoxy) is 1. The number of hydrogen-bond donors (Lipinski definition) is 1. The Hall–Kier alpha value is -0.930. The number of carbonyl (C=O) groups excluding carboxylic acids is 1. The maximum Gasteiger partial charge on any atom is 0.257 e. The lowest BCUT2D eigenvalue weighted by Gasteiger charge is -2.14. The topological polar surface area (TPSA) is 38.3 Å². The molecule has 0 aliphatic rings. The van der Waals surface area contributed by atoms with Crippen molar-refractivity contribution in [3.05, 3.63) is 29.3 Å². The van der Waals surface area contributed by atoms with Crippen LogP contribution in [0.15, 0.2) is 24.3 Å². The van der Waals surface area contributed by atoms with Crippen molar-refractivity contribution < 1.29 is 9.53 Å². The highest BCUT2D eigenvalue weighted by atomic mass is 35.5. The molecule has 0 bridgehead atoms. The normalized spacial score (nSPS) is 11.9. The van der Waals surface area contributed by atoms with E-state index in [2.05, 4.69) is 12.2 Å². The van der Waals surface area contributed by atoms with E-state index in [9.17, 15) is 4.79 Å². The van der Waals surface area contributed by atoms with Gasteiger partial charge in [0, 0.05) is 17.4 Å². The van der Waals surface area contributed by atoms with Gasteiger partial charge in [-0.3, -0.25) is 4.79 Å². The summed E-state index contributed by atoms with van der Waals surface area (Å²) in [7, 11) is 0. The third-order valence-corrected chi connectivity index (χ3v) is 3.30. The second-order valence-electron chi connectivity index (χ2n) is 4.30. The van der Waals surface area contributed by atoms with Gasteiger partial charge in [0.2, 0.25) is 0 Å². The maximum absolute atomic E-state index is 11.6. The van der Waals surface area contributed by atoms with Gasteiger partial charge in [-0.15, -0.1) is 11.6 Å². The Morgan fingerprint density at radius 2 is 2.26 bits per heavy atom. The molecular formula is C14H19Cl2NO2. The van der Waals surface area contributed by atoms with Crippen LogP contribution in [0.25, 0.3) is 0 Å². The molecule has 1 aromatic rings. The summed E-state index contributed by atoms with van der Waals surface area (Å²) in [6.07, 6.45) is 1.91. The molecule has 0 saturated heterocycles. The van der Waals surface area contributed by atoms with Gasteiger partial charge in [0.25, 0.3) is 5.91 Å². The van der Waals surface area contributed by atoms with Crippen LogP contribution < -0.4 is 10.1 Å². The van der Waals surface area contributed by atoms with E-state index in [1.807, 2.05) is 0 Å². The van der Waals surface area contributed by atoms with Gasteiger partial charge in [-0.05, 0) is 30.5 Å². The maximum atomic E-state index is 11.6. The van der Waals surface area contributed by atoms with E-state index in [0.29, 0.717) is 29.1 Å². The fraction of sp³-hybridized carbons (Fsp3) is 0.500. The molecule has 0 radical (unpaired) electrons. The summed E-state index contributed by atoms with van der Waals surface area (Å²) in [5, 5.41) is 3.44. The Balaban J connectivity index is 2.28. The van der Waals surface area contributed by atoms with Crippen LogP contribution in [-0.4, -0.2) is 24.9 Å². The number of nitrogens with one attached hydrogen (secondary N) is 1. The first-order valence-corrected chi connectivity index (χ1v) is 7.28. The predicted octanol–water partition coefficient (Wildman–Crippen LogP) is 3.49. The smallest absolute Gasteiger partial charge is 0.257 e. The zero-order valence-corrected chi connectivity index (χ0v) is 12.5. The Morgan fingerprint density at radius 3 is 2.89 bits per heavy atom. The molecule has 1 rings (SSSR count). The van der Waals surface area contributed by atoms with Crippen LogP contribution in [0.3, 0.4) is 0 Å². The van der Waals surface area contributed by atoms with Gasteiger partial charge >= 0.3 is 0 Å². The van der Waals surface area contributed by atoms with Crippen molar-refractivity contribution in [2.45, 2.75) is 19.8 Å². The van der Waals surface area contributed by atoms with Crippen LogP contribution in [0.1, 0.15) is 19.8 Å². The van der Waals surface area contributed by atoms with Crippen molar-refractivity contribution in [2.75, 3.05) is 19.0 Å². The van der Waals surface area contributed by atoms with Gasteiger partial charge in [-0.2, -0.15) is 0 Å². The average molecular weight is 304 g/mol. The van der Waals surface area contributed by atoms with Crippen molar-refractivity contribution in [2.24, 2.45) is 5.92 Å². The quantitative estimate of drug-likeness (QED) is 0.747. The number of halogens is 2. The highest BCUT2D eigenvalue weighted by molar-refractivity contribution is 6.30. The van der Waals surface area contributed by atoms with E-state index in [1.54, 1.807) is 24.3 Å². The van der Waals surface area contributed by atoms with Crippen LogP contribution in [0.5, 0.6) is 5.75 Å². The van der Waals surface area contributed by atoms with Crippen molar-refractivity contribution in [1.29, 1.82) is 0 Å². The molecule has 1 aromatic carbocycles. The minimum Gasteiger partial charge on any atom is -0.484 e. The molecule has 0 spiro atoms. The lowest BCUT2D eigenvalue weighted by molar-refractivity contribution is -0.123. The molecule has 0 aliphatic carbocycles. The molecular weight excluding hydrogens is 285 g/mol. The highest BCUT2D eigenvalue weighted by Crippen LogP contribution is 2.16. The van der Waals surface area contributed by atoms with Crippen LogP contribution >= 0.6 is 23.2 Å². The summed E-state index contributed by atoms with van der Waals surface area (Å²) >= 11 is 11.5. The van der Waals surface area contributed by atoms with E-state index in [4.69, 9.17) is 27.9 Å². The number of alkyl halides is 1. The van der Waals surface area contributed by atoms with E-state index in [0.717, 1.165) is 12.8 Å². The number of rotatable bonds is 8. The van der Waals surface area contributed by atoms with Crippen LogP contribution in [0.4, 0.5) is 0 Å². The predicted molar refractivity (Wildman–Crippen MR) is 79.1 cm³/mol. The van der Waals surface area contributed by atoms with Gasteiger partial charge in [0.15, 0.2) is 6.61 Å². The fourth-order valence-electron chi connectivity index (χ4n) is 1.62. The van der Waals surface area contributed by atoms with Gasteiger partial charge in [0.05, 0.1) is 0 Å². The van der Waals surface area contributed by atoms with Crippen molar-refractivity contribution >= 4 is 29.1 Å². The summed E-state index contributed by atoms with van der Waals surface area (Å²) in [6, 6.07) is 6.98. The summed E-state index contributed by atoms with van der Waals surface area (Å²) in [6.45, 7) is 2.73. The second kappa shape index (κ2) is 9.05. The summed E-state index contributed by atoms with van der Waals surface area (Å²) < 4.78 is 5.35. The van der Waals surface area contributed by atoms with Crippen LogP contribution in [0.2, 0.25) is 5.02 Å². The second-order valence-corrected chi connectivity index (χ2v) is 5.12.